The summed E-state index contributed by atoms with van der Waals surface area (Å²) in [7, 11) is 0. The molecular formula is C17H10Cl2N2O4. The van der Waals surface area contributed by atoms with Crippen LogP contribution < -0.4 is 0 Å². The molecule has 0 saturated heterocycles. The van der Waals surface area contributed by atoms with Gasteiger partial charge >= 0.3 is 5.97 Å². The number of benzene rings is 2. The van der Waals surface area contributed by atoms with Crippen LogP contribution in [0.1, 0.15) is 16.7 Å². The van der Waals surface area contributed by atoms with E-state index in [1.54, 1.807) is 37.3 Å². The van der Waals surface area contributed by atoms with Crippen LogP contribution in [0.3, 0.4) is 0 Å². The molecule has 1 heterocycles. The Labute approximate surface area is 152 Å². The van der Waals surface area contributed by atoms with Crippen molar-refractivity contribution in [3.8, 4) is 0 Å². The number of hydrogen-bond acceptors (Lipinski definition) is 5. The van der Waals surface area contributed by atoms with Crippen molar-refractivity contribution in [3.05, 3.63) is 78.9 Å². The molecule has 2 aromatic rings. The third-order valence-electron chi connectivity index (χ3n) is 3.55. The third-order valence-corrected chi connectivity index (χ3v) is 4.38. The average Bonchev–Trinajstić information content (AvgIpc) is 2.93. The van der Waals surface area contributed by atoms with Gasteiger partial charge in [-0.2, -0.15) is 0 Å². The van der Waals surface area contributed by atoms with E-state index in [1.165, 1.54) is 12.1 Å². The lowest BCUT2D eigenvalue weighted by atomic mass is 10.1. The number of ether oxygens (including phenoxy) is 1. The fourth-order valence-electron chi connectivity index (χ4n) is 2.25. The van der Waals surface area contributed by atoms with Gasteiger partial charge in [-0.15, -0.1) is 0 Å². The van der Waals surface area contributed by atoms with Gasteiger partial charge in [0.1, 0.15) is 0 Å². The Hall–Kier alpha value is -2.70. The molecule has 0 unspecified atom stereocenters. The fourth-order valence-corrected chi connectivity index (χ4v) is 2.61. The highest BCUT2D eigenvalue weighted by Crippen LogP contribution is 2.29. The van der Waals surface area contributed by atoms with Crippen molar-refractivity contribution in [2.75, 3.05) is 0 Å². The van der Waals surface area contributed by atoms with Gasteiger partial charge in [-0.25, -0.2) is 9.79 Å². The predicted molar refractivity (Wildman–Crippen MR) is 94.9 cm³/mol. The number of hydrogen-bond donors (Lipinski definition) is 0. The van der Waals surface area contributed by atoms with Gasteiger partial charge < -0.3 is 4.74 Å². The molecule has 0 bridgehead atoms. The lowest BCUT2D eigenvalue weighted by Gasteiger charge is -2.01. The maximum absolute atomic E-state index is 12.0. The van der Waals surface area contributed by atoms with Crippen molar-refractivity contribution in [1.82, 2.24) is 0 Å². The zero-order chi connectivity index (χ0) is 18.1. The maximum atomic E-state index is 12.0. The SMILES string of the molecule is Cc1ccc(C2=N/C(=C/c3cccc(Cl)c3Cl)C(=O)O2)cc1[N+](=O)[O-]. The molecule has 3 rings (SSSR count). The first-order valence-corrected chi connectivity index (χ1v) is 7.84. The van der Waals surface area contributed by atoms with Crippen LogP contribution in [-0.4, -0.2) is 16.8 Å². The van der Waals surface area contributed by atoms with Crippen molar-refractivity contribution in [2.24, 2.45) is 4.99 Å². The number of nitro groups is 1. The number of aliphatic imine (C=N–C) groups is 1. The van der Waals surface area contributed by atoms with E-state index in [2.05, 4.69) is 4.99 Å². The van der Waals surface area contributed by atoms with Gasteiger partial charge in [0.2, 0.25) is 5.90 Å². The lowest BCUT2D eigenvalue weighted by Crippen LogP contribution is -2.06. The van der Waals surface area contributed by atoms with E-state index in [-0.39, 0.29) is 17.3 Å². The summed E-state index contributed by atoms with van der Waals surface area (Å²) < 4.78 is 5.12. The van der Waals surface area contributed by atoms with Crippen LogP contribution >= 0.6 is 23.2 Å². The summed E-state index contributed by atoms with van der Waals surface area (Å²) in [6.45, 7) is 1.62. The standard InChI is InChI=1S/C17H10Cl2N2O4/c1-9-5-6-11(8-14(9)21(23)24)16-20-13(17(22)25-16)7-10-3-2-4-12(18)15(10)19/h2-8H,1H3/b13-7+. The first kappa shape index (κ1) is 17.1. The highest BCUT2D eigenvalue weighted by atomic mass is 35.5. The fraction of sp³-hybridized carbons (Fsp3) is 0.0588. The van der Waals surface area contributed by atoms with Crippen molar-refractivity contribution < 1.29 is 14.5 Å². The number of carbonyl (C=O) groups excluding carboxylic acids is 1. The smallest absolute Gasteiger partial charge is 0.363 e. The highest BCUT2D eigenvalue weighted by molar-refractivity contribution is 6.43. The van der Waals surface area contributed by atoms with E-state index < -0.39 is 10.9 Å². The normalized spacial score (nSPS) is 15.2. The van der Waals surface area contributed by atoms with Gasteiger partial charge in [0.25, 0.3) is 5.69 Å². The molecule has 0 saturated carbocycles. The molecule has 0 aromatic heterocycles. The summed E-state index contributed by atoms with van der Waals surface area (Å²) in [6, 6.07) is 9.48. The van der Waals surface area contributed by atoms with Crippen LogP contribution in [-0.2, 0) is 9.53 Å². The van der Waals surface area contributed by atoms with Crippen molar-refractivity contribution >= 4 is 46.8 Å². The monoisotopic (exact) mass is 376 g/mol. The predicted octanol–water partition coefficient (Wildman–Crippen LogP) is 4.55. The van der Waals surface area contributed by atoms with E-state index >= 15 is 0 Å². The number of nitro benzene ring substituents is 1. The van der Waals surface area contributed by atoms with Crippen LogP contribution in [0.4, 0.5) is 5.69 Å². The minimum absolute atomic E-state index is 0.00231. The quantitative estimate of drug-likeness (QED) is 0.340. The summed E-state index contributed by atoms with van der Waals surface area (Å²) in [5, 5.41) is 11.7. The number of esters is 1. The van der Waals surface area contributed by atoms with Crippen LogP contribution in [0.25, 0.3) is 6.08 Å². The highest BCUT2D eigenvalue weighted by Gasteiger charge is 2.26. The van der Waals surface area contributed by atoms with Crippen LogP contribution in [0.5, 0.6) is 0 Å². The van der Waals surface area contributed by atoms with Crippen LogP contribution in [0.2, 0.25) is 10.0 Å². The van der Waals surface area contributed by atoms with Gasteiger partial charge in [-0.3, -0.25) is 10.1 Å². The van der Waals surface area contributed by atoms with Crippen molar-refractivity contribution in [3.63, 3.8) is 0 Å². The Morgan fingerprint density at radius 3 is 2.72 bits per heavy atom. The summed E-state index contributed by atoms with van der Waals surface area (Å²) >= 11 is 12.0. The van der Waals surface area contributed by atoms with E-state index in [9.17, 15) is 14.9 Å². The summed E-state index contributed by atoms with van der Waals surface area (Å²) in [5.74, 6) is -0.674. The van der Waals surface area contributed by atoms with Gasteiger partial charge in [0, 0.05) is 17.2 Å². The second-order valence-electron chi connectivity index (χ2n) is 5.24. The number of carbonyl (C=O) groups is 1. The summed E-state index contributed by atoms with van der Waals surface area (Å²) in [6.07, 6.45) is 1.45. The largest absolute Gasteiger partial charge is 0.402 e. The van der Waals surface area contributed by atoms with Crippen molar-refractivity contribution in [1.29, 1.82) is 0 Å². The molecule has 0 fully saturated rings. The Balaban J connectivity index is 2.01. The molecule has 8 heteroatoms. The number of nitrogens with zero attached hydrogens (tertiary/aromatic N) is 2. The van der Waals surface area contributed by atoms with E-state index in [1.807, 2.05) is 0 Å². The number of halogens is 2. The van der Waals surface area contributed by atoms with E-state index in [4.69, 9.17) is 27.9 Å². The summed E-state index contributed by atoms with van der Waals surface area (Å²) in [5.41, 5.74) is 1.31. The molecular weight excluding hydrogens is 367 g/mol. The molecule has 0 radical (unpaired) electrons. The Morgan fingerprint density at radius 1 is 1.24 bits per heavy atom. The van der Waals surface area contributed by atoms with Crippen LogP contribution in [0.15, 0.2) is 47.1 Å². The molecule has 1 aliphatic rings. The van der Waals surface area contributed by atoms with Crippen molar-refractivity contribution in [2.45, 2.75) is 6.92 Å². The van der Waals surface area contributed by atoms with E-state index in [0.29, 0.717) is 26.7 Å². The minimum atomic E-state index is -0.672. The molecule has 0 spiro atoms. The average molecular weight is 377 g/mol. The number of aryl methyl sites for hydroxylation is 1. The molecule has 126 valence electrons. The number of rotatable bonds is 3. The third kappa shape index (κ3) is 3.40. The molecule has 0 aliphatic carbocycles. The maximum Gasteiger partial charge on any atom is 0.363 e. The second kappa shape index (κ2) is 6.66. The molecule has 0 N–H and O–H groups in total. The zero-order valence-electron chi connectivity index (χ0n) is 12.8. The lowest BCUT2D eigenvalue weighted by molar-refractivity contribution is -0.385. The van der Waals surface area contributed by atoms with E-state index in [0.717, 1.165) is 0 Å². The first-order valence-electron chi connectivity index (χ1n) is 7.09. The summed E-state index contributed by atoms with van der Waals surface area (Å²) in [4.78, 5) is 26.7. The molecule has 6 nitrogen and oxygen atoms in total. The zero-order valence-corrected chi connectivity index (χ0v) is 14.3. The van der Waals surface area contributed by atoms with Gasteiger partial charge in [-0.05, 0) is 30.7 Å². The molecule has 1 aliphatic heterocycles. The van der Waals surface area contributed by atoms with Gasteiger partial charge in [-0.1, -0.05) is 41.4 Å². The van der Waals surface area contributed by atoms with Gasteiger partial charge in [0.05, 0.1) is 15.0 Å². The second-order valence-corrected chi connectivity index (χ2v) is 6.02. The Bertz CT molecular complexity index is 967. The first-order chi connectivity index (χ1) is 11.9. The molecule has 2 aromatic carbocycles. The molecule has 0 amide bonds. The van der Waals surface area contributed by atoms with Crippen LogP contribution in [0, 0.1) is 17.0 Å². The number of cyclic esters (lactones) is 1. The molecule has 25 heavy (non-hydrogen) atoms. The Kier molecular flexibility index (Phi) is 4.57. The topological polar surface area (TPSA) is 81.8 Å². The van der Waals surface area contributed by atoms with Gasteiger partial charge in [0.15, 0.2) is 5.70 Å². The minimum Gasteiger partial charge on any atom is -0.402 e. The molecule has 0 atom stereocenters. The Morgan fingerprint density at radius 2 is 2.00 bits per heavy atom.